The second kappa shape index (κ2) is 6.93. The summed E-state index contributed by atoms with van der Waals surface area (Å²) in [5.74, 6) is -0.789. The Morgan fingerprint density at radius 1 is 1.19 bits per heavy atom. The van der Waals surface area contributed by atoms with E-state index in [0.717, 1.165) is 19.4 Å². The minimum Gasteiger partial charge on any atom is -0.345 e. The van der Waals surface area contributed by atoms with Crippen molar-refractivity contribution >= 4 is 29.2 Å². The van der Waals surface area contributed by atoms with Crippen LogP contribution < -0.4 is 10.6 Å². The third-order valence-corrected chi connectivity index (χ3v) is 5.12. The van der Waals surface area contributed by atoms with E-state index in [1.54, 1.807) is 16.8 Å². The van der Waals surface area contributed by atoms with Crippen LogP contribution in [0, 0.1) is 11.2 Å². The molecular weight excluding hydrogens is 339 g/mol. The van der Waals surface area contributed by atoms with Crippen LogP contribution in [0.4, 0.5) is 20.6 Å². The predicted octanol–water partition coefficient (Wildman–Crippen LogP) is 2.26. The summed E-state index contributed by atoms with van der Waals surface area (Å²) in [6.45, 7) is 2.89. The highest BCUT2D eigenvalue weighted by Gasteiger charge is 2.48. The van der Waals surface area contributed by atoms with Gasteiger partial charge in [0, 0.05) is 39.3 Å². The Kier molecular flexibility index (Phi) is 4.84. The van der Waals surface area contributed by atoms with E-state index in [2.05, 4.69) is 10.6 Å². The van der Waals surface area contributed by atoms with Crippen LogP contribution in [0.3, 0.4) is 0 Å². The number of hydrogen-bond donors (Lipinski definition) is 2. The first kappa shape index (κ1) is 18.2. The van der Waals surface area contributed by atoms with E-state index in [1.807, 2.05) is 0 Å². The monoisotopic (exact) mass is 362 g/mol. The van der Waals surface area contributed by atoms with Gasteiger partial charge in [-0.15, -0.1) is 0 Å². The average Bonchev–Trinajstić information content (AvgIpc) is 3.00. The maximum atomic E-state index is 14.0. The van der Waals surface area contributed by atoms with E-state index in [0.29, 0.717) is 25.2 Å². The fourth-order valence-electron chi connectivity index (χ4n) is 3.79. The highest BCUT2D eigenvalue weighted by atomic mass is 19.1. The number of carbonyl (C=O) groups excluding carboxylic acids is 3. The Balaban J connectivity index is 1.69. The van der Waals surface area contributed by atoms with Gasteiger partial charge in [0.05, 0.1) is 11.1 Å². The standard InChI is InChI=1S/C18H23FN4O3/c1-12(24)20-13-4-5-14(19)15(10-13)21-17(26)23-9-7-18(11-23)6-3-8-22(2)16(18)25/h4-5,10H,3,6-9,11H2,1-2H3,(H,20,24)(H,21,26). The number of hydrogen-bond acceptors (Lipinski definition) is 3. The van der Waals surface area contributed by atoms with Gasteiger partial charge in [-0.2, -0.15) is 0 Å². The molecule has 0 aliphatic carbocycles. The van der Waals surface area contributed by atoms with Gasteiger partial charge in [-0.3, -0.25) is 9.59 Å². The third-order valence-electron chi connectivity index (χ3n) is 5.12. The van der Waals surface area contributed by atoms with Crippen molar-refractivity contribution in [1.29, 1.82) is 0 Å². The Morgan fingerprint density at radius 2 is 1.96 bits per heavy atom. The quantitative estimate of drug-likeness (QED) is 0.847. The zero-order valence-electron chi connectivity index (χ0n) is 15.0. The lowest BCUT2D eigenvalue weighted by molar-refractivity contribution is -0.143. The molecule has 2 fully saturated rings. The van der Waals surface area contributed by atoms with Gasteiger partial charge in [0.2, 0.25) is 11.8 Å². The van der Waals surface area contributed by atoms with Crippen LogP contribution in [0.2, 0.25) is 0 Å². The van der Waals surface area contributed by atoms with Crippen molar-refractivity contribution < 1.29 is 18.8 Å². The lowest BCUT2D eigenvalue weighted by Gasteiger charge is -2.37. The Labute approximate surface area is 151 Å². The minimum absolute atomic E-state index is 0.00529. The van der Waals surface area contributed by atoms with E-state index in [1.165, 1.54) is 25.1 Å². The minimum atomic E-state index is -0.588. The van der Waals surface area contributed by atoms with Crippen molar-refractivity contribution in [3.8, 4) is 0 Å². The second-order valence-electron chi connectivity index (χ2n) is 7.09. The molecule has 0 bridgehead atoms. The molecule has 2 saturated heterocycles. The van der Waals surface area contributed by atoms with Gasteiger partial charge >= 0.3 is 6.03 Å². The second-order valence-corrected chi connectivity index (χ2v) is 7.09. The van der Waals surface area contributed by atoms with Gasteiger partial charge in [0.25, 0.3) is 0 Å². The molecule has 0 saturated carbocycles. The molecule has 4 amide bonds. The molecule has 1 aromatic rings. The summed E-state index contributed by atoms with van der Waals surface area (Å²) in [5, 5.41) is 5.10. The maximum absolute atomic E-state index is 14.0. The lowest BCUT2D eigenvalue weighted by Crippen LogP contribution is -2.49. The summed E-state index contributed by atoms with van der Waals surface area (Å²) in [6.07, 6.45) is 2.31. The lowest BCUT2D eigenvalue weighted by atomic mass is 9.78. The zero-order valence-corrected chi connectivity index (χ0v) is 15.0. The molecule has 7 nitrogen and oxygen atoms in total. The normalized spacial score (nSPS) is 22.7. The van der Waals surface area contributed by atoms with Crippen LogP contribution >= 0.6 is 0 Å². The topological polar surface area (TPSA) is 81.8 Å². The number of rotatable bonds is 2. The summed E-state index contributed by atoms with van der Waals surface area (Å²) in [6, 6.07) is 3.54. The van der Waals surface area contributed by atoms with Crippen molar-refractivity contribution in [1.82, 2.24) is 9.80 Å². The van der Waals surface area contributed by atoms with E-state index in [4.69, 9.17) is 0 Å². The zero-order chi connectivity index (χ0) is 18.9. The first-order valence-corrected chi connectivity index (χ1v) is 8.69. The number of amides is 4. The number of likely N-dealkylation sites (tertiary alicyclic amines) is 2. The van der Waals surface area contributed by atoms with Crippen molar-refractivity contribution in [2.75, 3.05) is 37.3 Å². The number of carbonyl (C=O) groups is 3. The molecule has 2 aliphatic rings. The van der Waals surface area contributed by atoms with Gasteiger partial charge in [0.15, 0.2) is 0 Å². The Hall–Kier alpha value is -2.64. The number of urea groups is 1. The molecule has 1 unspecified atom stereocenters. The summed E-state index contributed by atoms with van der Waals surface area (Å²) < 4.78 is 14.0. The third kappa shape index (κ3) is 3.49. The molecule has 26 heavy (non-hydrogen) atoms. The van der Waals surface area contributed by atoms with E-state index < -0.39 is 17.3 Å². The van der Waals surface area contributed by atoms with Crippen LogP contribution in [0.15, 0.2) is 18.2 Å². The van der Waals surface area contributed by atoms with Gasteiger partial charge in [-0.1, -0.05) is 0 Å². The molecule has 140 valence electrons. The predicted molar refractivity (Wildman–Crippen MR) is 95.2 cm³/mol. The summed E-state index contributed by atoms with van der Waals surface area (Å²) in [5.41, 5.74) is -0.119. The Morgan fingerprint density at radius 3 is 2.69 bits per heavy atom. The molecule has 8 heteroatoms. The summed E-state index contributed by atoms with van der Waals surface area (Å²) >= 11 is 0. The molecular formula is C18H23FN4O3. The smallest absolute Gasteiger partial charge is 0.321 e. The van der Waals surface area contributed by atoms with E-state index in [-0.39, 0.29) is 17.5 Å². The van der Waals surface area contributed by atoms with Gasteiger partial charge in [0.1, 0.15) is 5.82 Å². The highest BCUT2D eigenvalue weighted by molar-refractivity contribution is 5.93. The van der Waals surface area contributed by atoms with Crippen LogP contribution in [0.1, 0.15) is 26.2 Å². The SMILES string of the molecule is CC(=O)Nc1ccc(F)c(NC(=O)N2CCC3(CCCN(C)C3=O)C2)c1. The van der Waals surface area contributed by atoms with Crippen molar-refractivity contribution in [3.63, 3.8) is 0 Å². The summed E-state index contributed by atoms with van der Waals surface area (Å²) in [7, 11) is 1.79. The van der Waals surface area contributed by atoms with Crippen molar-refractivity contribution in [2.24, 2.45) is 5.41 Å². The molecule has 2 N–H and O–H groups in total. The maximum Gasteiger partial charge on any atom is 0.321 e. The van der Waals surface area contributed by atoms with E-state index >= 15 is 0 Å². The van der Waals surface area contributed by atoms with Crippen LogP contribution in [-0.2, 0) is 9.59 Å². The fraction of sp³-hybridized carbons (Fsp3) is 0.500. The van der Waals surface area contributed by atoms with Crippen molar-refractivity contribution in [3.05, 3.63) is 24.0 Å². The highest BCUT2D eigenvalue weighted by Crippen LogP contribution is 2.39. The van der Waals surface area contributed by atoms with E-state index in [9.17, 15) is 18.8 Å². The largest absolute Gasteiger partial charge is 0.345 e. The van der Waals surface area contributed by atoms with Gasteiger partial charge in [-0.25, -0.2) is 9.18 Å². The number of anilines is 2. The molecule has 0 aromatic heterocycles. The van der Waals surface area contributed by atoms with Gasteiger partial charge < -0.3 is 20.4 Å². The van der Waals surface area contributed by atoms with Crippen LogP contribution in [0.5, 0.6) is 0 Å². The first-order chi connectivity index (χ1) is 12.3. The molecule has 2 aliphatic heterocycles. The molecule has 1 aromatic carbocycles. The van der Waals surface area contributed by atoms with Crippen LogP contribution in [0.25, 0.3) is 0 Å². The van der Waals surface area contributed by atoms with Crippen LogP contribution in [-0.4, -0.2) is 54.3 Å². The first-order valence-electron chi connectivity index (χ1n) is 8.69. The molecule has 2 heterocycles. The average molecular weight is 362 g/mol. The number of piperidine rings is 1. The number of halogens is 1. The number of nitrogens with one attached hydrogen (secondary N) is 2. The Bertz CT molecular complexity index is 754. The number of nitrogens with zero attached hydrogens (tertiary/aromatic N) is 2. The molecule has 1 spiro atoms. The number of benzene rings is 1. The molecule has 1 atom stereocenters. The summed E-state index contributed by atoms with van der Waals surface area (Å²) in [4.78, 5) is 39.5. The molecule has 3 rings (SSSR count). The van der Waals surface area contributed by atoms with Crippen molar-refractivity contribution in [2.45, 2.75) is 26.2 Å². The molecule has 0 radical (unpaired) electrons. The fourth-order valence-corrected chi connectivity index (χ4v) is 3.79. The van der Waals surface area contributed by atoms with Gasteiger partial charge in [-0.05, 0) is 37.5 Å².